The molecule has 33 heavy (non-hydrogen) atoms. The number of hydrogen-bond donors (Lipinski definition) is 0. The van der Waals surface area contributed by atoms with E-state index in [0.717, 1.165) is 40.0 Å². The Hall–Kier alpha value is -3.34. The topological polar surface area (TPSA) is 49.2 Å². The summed E-state index contributed by atoms with van der Waals surface area (Å²) < 4.78 is 12.3. The van der Waals surface area contributed by atoms with Crippen LogP contribution in [0.2, 0.25) is 0 Å². The maximum atomic E-state index is 6.39. The van der Waals surface area contributed by atoms with Gasteiger partial charge in [0.25, 0.3) is 0 Å². The van der Waals surface area contributed by atoms with Crippen LogP contribution in [0.15, 0.2) is 60.7 Å². The number of aromatic nitrogens is 3. The number of ether oxygens (including phenoxy) is 2. The summed E-state index contributed by atoms with van der Waals surface area (Å²) in [5, 5.41) is 9.44. The number of hydrogen-bond acceptors (Lipinski definition) is 4. The van der Waals surface area contributed by atoms with E-state index in [1.807, 2.05) is 42.5 Å². The minimum absolute atomic E-state index is 0.101. The Bertz CT molecular complexity index is 1250. The predicted molar refractivity (Wildman–Crippen MR) is 134 cm³/mol. The van der Waals surface area contributed by atoms with Crippen molar-refractivity contribution in [2.45, 2.75) is 53.4 Å². The number of aryl methyl sites for hydroxylation is 1. The van der Waals surface area contributed by atoms with Gasteiger partial charge >= 0.3 is 0 Å². The molecular formula is C28H33N3O2. The molecule has 0 aliphatic rings. The minimum Gasteiger partial charge on any atom is -0.491 e. The van der Waals surface area contributed by atoms with Gasteiger partial charge in [0.2, 0.25) is 0 Å². The average molecular weight is 444 g/mol. The average Bonchev–Trinajstić information content (AvgIpc) is 3.15. The van der Waals surface area contributed by atoms with Crippen LogP contribution in [-0.4, -0.2) is 22.1 Å². The molecule has 0 aliphatic carbocycles. The Morgan fingerprint density at radius 3 is 2.09 bits per heavy atom. The van der Waals surface area contributed by atoms with Crippen LogP contribution in [0.4, 0.5) is 0 Å². The standard InChI is InChI=1S/C28H33N3O2/c1-19-11-10-12-21(15-19)33-25-17-20(28(5,6)18-27(2,3)4)16-24(26(25)32-7)31-29-22-13-8-9-14-23(22)30-31/h8-17H,18H2,1-7H3. The van der Waals surface area contributed by atoms with Crippen molar-refractivity contribution in [3.05, 3.63) is 71.8 Å². The summed E-state index contributed by atoms with van der Waals surface area (Å²) in [6.45, 7) is 13.4. The molecule has 0 aliphatic heterocycles. The molecule has 3 aromatic carbocycles. The van der Waals surface area contributed by atoms with E-state index in [1.54, 1.807) is 11.9 Å². The molecule has 1 heterocycles. The van der Waals surface area contributed by atoms with Crippen LogP contribution >= 0.6 is 0 Å². The van der Waals surface area contributed by atoms with E-state index in [-0.39, 0.29) is 10.8 Å². The van der Waals surface area contributed by atoms with Crippen molar-refractivity contribution in [3.8, 4) is 22.9 Å². The third-order valence-corrected chi connectivity index (χ3v) is 5.71. The zero-order valence-corrected chi connectivity index (χ0v) is 20.6. The summed E-state index contributed by atoms with van der Waals surface area (Å²) in [5.74, 6) is 2.02. The first kappa shape index (κ1) is 22.8. The van der Waals surface area contributed by atoms with Gasteiger partial charge in [-0.15, -0.1) is 15.0 Å². The molecule has 0 saturated carbocycles. The summed E-state index contributed by atoms with van der Waals surface area (Å²) in [4.78, 5) is 1.66. The van der Waals surface area contributed by atoms with Crippen LogP contribution in [0.5, 0.6) is 17.2 Å². The second-order valence-corrected chi connectivity index (χ2v) is 10.5. The Labute approximate surface area is 196 Å². The van der Waals surface area contributed by atoms with Gasteiger partial charge in [-0.05, 0) is 71.7 Å². The SMILES string of the molecule is COc1c(Oc2cccc(C)c2)cc(C(C)(C)CC(C)(C)C)cc1-n1nc2ccccc2n1. The van der Waals surface area contributed by atoms with E-state index in [0.29, 0.717) is 11.5 Å². The second kappa shape index (κ2) is 8.54. The zero-order chi connectivity index (χ0) is 23.8. The highest BCUT2D eigenvalue weighted by Crippen LogP contribution is 2.44. The molecule has 0 atom stereocenters. The highest BCUT2D eigenvalue weighted by Gasteiger charge is 2.30. The van der Waals surface area contributed by atoms with E-state index >= 15 is 0 Å². The van der Waals surface area contributed by atoms with E-state index < -0.39 is 0 Å². The highest BCUT2D eigenvalue weighted by atomic mass is 16.5. The van der Waals surface area contributed by atoms with Crippen molar-refractivity contribution < 1.29 is 9.47 Å². The maximum absolute atomic E-state index is 6.39. The van der Waals surface area contributed by atoms with Gasteiger partial charge in [-0.3, -0.25) is 0 Å². The highest BCUT2D eigenvalue weighted by molar-refractivity contribution is 5.74. The summed E-state index contributed by atoms with van der Waals surface area (Å²) in [7, 11) is 1.66. The normalized spacial score (nSPS) is 12.2. The van der Waals surface area contributed by atoms with Gasteiger partial charge in [0, 0.05) is 0 Å². The molecule has 0 fully saturated rings. The monoisotopic (exact) mass is 443 g/mol. The first-order valence-electron chi connectivity index (χ1n) is 11.4. The van der Waals surface area contributed by atoms with Gasteiger partial charge in [-0.25, -0.2) is 0 Å². The van der Waals surface area contributed by atoms with Crippen LogP contribution in [-0.2, 0) is 5.41 Å². The molecule has 5 heteroatoms. The van der Waals surface area contributed by atoms with Gasteiger partial charge in [0.05, 0.1) is 7.11 Å². The van der Waals surface area contributed by atoms with Crippen LogP contribution in [0.1, 0.15) is 52.2 Å². The molecular weight excluding hydrogens is 410 g/mol. The Morgan fingerprint density at radius 1 is 0.848 bits per heavy atom. The molecule has 0 unspecified atom stereocenters. The number of nitrogens with zero attached hydrogens (tertiary/aromatic N) is 3. The van der Waals surface area contributed by atoms with E-state index in [9.17, 15) is 0 Å². The molecule has 0 N–H and O–H groups in total. The Morgan fingerprint density at radius 2 is 1.52 bits per heavy atom. The van der Waals surface area contributed by atoms with Crippen LogP contribution in [0.3, 0.4) is 0 Å². The number of benzene rings is 3. The number of fused-ring (bicyclic) bond motifs is 1. The van der Waals surface area contributed by atoms with Crippen LogP contribution in [0.25, 0.3) is 16.7 Å². The van der Waals surface area contributed by atoms with Gasteiger partial charge in [-0.1, -0.05) is 58.9 Å². The Kier molecular flexibility index (Phi) is 5.91. The first-order chi connectivity index (χ1) is 15.6. The van der Waals surface area contributed by atoms with Crippen molar-refractivity contribution in [2.75, 3.05) is 7.11 Å². The van der Waals surface area contributed by atoms with Gasteiger partial charge in [0.15, 0.2) is 11.5 Å². The first-order valence-corrected chi connectivity index (χ1v) is 11.4. The lowest BCUT2D eigenvalue weighted by atomic mass is 9.72. The molecule has 172 valence electrons. The third-order valence-electron chi connectivity index (χ3n) is 5.71. The van der Waals surface area contributed by atoms with Crippen molar-refractivity contribution in [1.82, 2.24) is 15.0 Å². The molecule has 0 bridgehead atoms. The summed E-state index contributed by atoms with van der Waals surface area (Å²) in [6, 6.07) is 20.1. The van der Waals surface area contributed by atoms with Crippen molar-refractivity contribution in [2.24, 2.45) is 5.41 Å². The van der Waals surface area contributed by atoms with Crippen LogP contribution < -0.4 is 9.47 Å². The van der Waals surface area contributed by atoms with Crippen molar-refractivity contribution in [3.63, 3.8) is 0 Å². The predicted octanol–water partition coefficient (Wildman–Crippen LogP) is 7.24. The lowest BCUT2D eigenvalue weighted by Gasteiger charge is -2.33. The lowest BCUT2D eigenvalue weighted by molar-refractivity contribution is 0.283. The smallest absolute Gasteiger partial charge is 0.189 e. The van der Waals surface area contributed by atoms with E-state index in [4.69, 9.17) is 19.7 Å². The Balaban J connectivity index is 1.91. The minimum atomic E-state index is -0.101. The molecule has 5 nitrogen and oxygen atoms in total. The number of rotatable bonds is 6. The van der Waals surface area contributed by atoms with Gasteiger partial charge in [-0.2, -0.15) is 0 Å². The second-order valence-electron chi connectivity index (χ2n) is 10.5. The molecule has 4 aromatic rings. The fourth-order valence-corrected chi connectivity index (χ4v) is 4.61. The lowest BCUT2D eigenvalue weighted by Crippen LogP contribution is -2.25. The van der Waals surface area contributed by atoms with Crippen LogP contribution in [0, 0.1) is 12.3 Å². The summed E-state index contributed by atoms with van der Waals surface area (Å²) >= 11 is 0. The molecule has 0 amide bonds. The van der Waals surface area contributed by atoms with Crippen molar-refractivity contribution >= 4 is 11.0 Å². The third kappa shape index (κ3) is 5.03. The number of methoxy groups -OCH3 is 1. The van der Waals surface area contributed by atoms with Crippen molar-refractivity contribution in [1.29, 1.82) is 0 Å². The molecule has 1 aromatic heterocycles. The van der Waals surface area contributed by atoms with Gasteiger partial charge < -0.3 is 9.47 Å². The molecule has 0 spiro atoms. The van der Waals surface area contributed by atoms with E-state index in [1.165, 1.54) is 0 Å². The zero-order valence-electron chi connectivity index (χ0n) is 20.6. The van der Waals surface area contributed by atoms with Gasteiger partial charge in [0.1, 0.15) is 22.5 Å². The maximum Gasteiger partial charge on any atom is 0.189 e. The molecule has 4 rings (SSSR count). The largest absolute Gasteiger partial charge is 0.491 e. The fraction of sp³-hybridized carbons (Fsp3) is 0.357. The molecule has 0 radical (unpaired) electrons. The molecule has 0 saturated heterocycles. The summed E-state index contributed by atoms with van der Waals surface area (Å²) in [5.41, 5.74) is 4.78. The van der Waals surface area contributed by atoms with E-state index in [2.05, 4.69) is 59.7 Å². The fourth-order valence-electron chi connectivity index (χ4n) is 4.61. The quantitative estimate of drug-likeness (QED) is 0.315. The summed E-state index contributed by atoms with van der Waals surface area (Å²) in [6.07, 6.45) is 1.00.